The Bertz CT molecular complexity index is 846. The van der Waals surface area contributed by atoms with Gasteiger partial charge in [0.2, 0.25) is 0 Å². The van der Waals surface area contributed by atoms with Gasteiger partial charge in [0, 0.05) is 38.0 Å². The molecule has 0 saturated carbocycles. The second-order valence-corrected chi connectivity index (χ2v) is 7.74. The quantitative estimate of drug-likeness (QED) is 0.366. The third-order valence-electron chi connectivity index (χ3n) is 4.78. The molecule has 1 fully saturated rings. The van der Waals surface area contributed by atoms with Crippen LogP contribution in [-0.2, 0) is 18.1 Å². The van der Waals surface area contributed by atoms with Gasteiger partial charge in [-0.15, -0.1) is 0 Å². The van der Waals surface area contributed by atoms with Crippen molar-refractivity contribution in [1.29, 1.82) is 0 Å². The predicted molar refractivity (Wildman–Crippen MR) is 102 cm³/mol. The van der Waals surface area contributed by atoms with Gasteiger partial charge in [-0.1, -0.05) is 30.8 Å². The number of rotatable bonds is 5. The van der Waals surface area contributed by atoms with E-state index in [1.54, 1.807) is 4.90 Å². The second-order valence-electron chi connectivity index (χ2n) is 6.80. The van der Waals surface area contributed by atoms with Crippen LogP contribution in [0, 0.1) is 0 Å². The highest BCUT2D eigenvalue weighted by Gasteiger charge is 2.34. The van der Waals surface area contributed by atoms with Crippen LogP contribution >= 0.6 is 11.8 Å². The number of piperazine rings is 1. The van der Waals surface area contributed by atoms with Crippen molar-refractivity contribution >= 4 is 17.6 Å². The third kappa shape index (κ3) is 5.78. The number of thioether (sulfide) groups is 1. The lowest BCUT2D eigenvalue weighted by molar-refractivity contribution is -0.141. The van der Waals surface area contributed by atoms with Crippen LogP contribution in [0.2, 0.25) is 0 Å². The summed E-state index contributed by atoms with van der Waals surface area (Å²) < 4.78 is 77.9. The number of anilines is 1. The van der Waals surface area contributed by atoms with Crippen molar-refractivity contribution in [2.75, 3.05) is 37.6 Å². The van der Waals surface area contributed by atoms with E-state index in [4.69, 9.17) is 0 Å². The van der Waals surface area contributed by atoms with Gasteiger partial charge < -0.3 is 9.80 Å². The van der Waals surface area contributed by atoms with Crippen LogP contribution < -0.4 is 4.90 Å². The van der Waals surface area contributed by atoms with E-state index in [0.29, 0.717) is 18.7 Å². The molecule has 0 spiro atoms. The SMILES string of the molecule is CCN1CCN(c2cc(C(F)(F)F)nc(SCc3ccc(C(F)(F)F)cc3)n2)CC1. The average molecular weight is 450 g/mol. The largest absolute Gasteiger partial charge is 0.433 e. The van der Waals surface area contributed by atoms with Crippen molar-refractivity contribution in [3.63, 3.8) is 0 Å². The maximum atomic E-state index is 13.3. The molecule has 164 valence electrons. The Kier molecular flexibility index (Phi) is 6.81. The molecule has 0 atom stereocenters. The summed E-state index contributed by atoms with van der Waals surface area (Å²) in [6, 6.07) is 5.44. The minimum Gasteiger partial charge on any atom is -0.354 e. The van der Waals surface area contributed by atoms with Crippen LogP contribution in [0.15, 0.2) is 35.5 Å². The summed E-state index contributed by atoms with van der Waals surface area (Å²) in [5, 5.41) is -0.0577. The first-order chi connectivity index (χ1) is 14.1. The van der Waals surface area contributed by atoms with Gasteiger partial charge in [-0.25, -0.2) is 9.97 Å². The summed E-state index contributed by atoms with van der Waals surface area (Å²) in [6.45, 7) is 5.49. The van der Waals surface area contributed by atoms with Crippen molar-refractivity contribution in [1.82, 2.24) is 14.9 Å². The lowest BCUT2D eigenvalue weighted by Gasteiger charge is -2.35. The third-order valence-corrected chi connectivity index (χ3v) is 5.69. The zero-order chi connectivity index (χ0) is 21.9. The van der Waals surface area contributed by atoms with Crippen LogP contribution in [0.25, 0.3) is 0 Å². The predicted octanol–water partition coefficient (Wildman–Crippen LogP) is 4.95. The molecule has 0 radical (unpaired) electrons. The second kappa shape index (κ2) is 9.01. The minimum atomic E-state index is -4.62. The number of likely N-dealkylation sites (N-methyl/N-ethyl adjacent to an activating group) is 1. The van der Waals surface area contributed by atoms with E-state index in [9.17, 15) is 26.3 Å². The van der Waals surface area contributed by atoms with Crippen molar-refractivity contribution in [3.05, 3.63) is 47.2 Å². The molecule has 1 aliphatic rings. The molecule has 0 unspecified atom stereocenters. The van der Waals surface area contributed by atoms with E-state index in [-0.39, 0.29) is 16.7 Å². The Morgan fingerprint density at radius 2 is 1.53 bits per heavy atom. The molecule has 11 heteroatoms. The molecular formula is C19H20F6N4S. The zero-order valence-corrected chi connectivity index (χ0v) is 16.9. The Balaban J connectivity index is 1.77. The van der Waals surface area contributed by atoms with Crippen LogP contribution in [0.4, 0.5) is 32.2 Å². The fourth-order valence-corrected chi connectivity index (χ4v) is 3.82. The van der Waals surface area contributed by atoms with Crippen molar-refractivity contribution in [2.24, 2.45) is 0 Å². The molecule has 1 saturated heterocycles. The smallest absolute Gasteiger partial charge is 0.354 e. The molecule has 0 aliphatic carbocycles. The van der Waals surface area contributed by atoms with Crippen LogP contribution in [0.1, 0.15) is 23.7 Å². The maximum Gasteiger partial charge on any atom is 0.433 e. The highest BCUT2D eigenvalue weighted by Crippen LogP contribution is 2.33. The molecule has 0 N–H and O–H groups in total. The number of benzene rings is 1. The number of hydrogen-bond acceptors (Lipinski definition) is 5. The average Bonchev–Trinajstić information content (AvgIpc) is 2.71. The van der Waals surface area contributed by atoms with Gasteiger partial charge >= 0.3 is 12.4 Å². The van der Waals surface area contributed by atoms with E-state index in [1.807, 2.05) is 6.92 Å². The zero-order valence-electron chi connectivity index (χ0n) is 16.1. The number of nitrogens with zero attached hydrogens (tertiary/aromatic N) is 4. The van der Waals surface area contributed by atoms with Gasteiger partial charge in [-0.3, -0.25) is 0 Å². The number of hydrogen-bond donors (Lipinski definition) is 0. The highest BCUT2D eigenvalue weighted by molar-refractivity contribution is 7.98. The van der Waals surface area contributed by atoms with Gasteiger partial charge in [0.1, 0.15) is 5.82 Å². The Morgan fingerprint density at radius 3 is 2.07 bits per heavy atom. The first kappa shape index (κ1) is 22.7. The molecule has 1 aromatic carbocycles. The fraction of sp³-hybridized carbons (Fsp3) is 0.474. The van der Waals surface area contributed by atoms with Gasteiger partial charge in [0.15, 0.2) is 10.9 Å². The van der Waals surface area contributed by atoms with Crippen LogP contribution in [-0.4, -0.2) is 47.6 Å². The van der Waals surface area contributed by atoms with Crippen LogP contribution in [0.3, 0.4) is 0 Å². The number of halogens is 6. The molecular weight excluding hydrogens is 430 g/mol. The van der Waals surface area contributed by atoms with Crippen molar-refractivity contribution in [3.8, 4) is 0 Å². The fourth-order valence-electron chi connectivity index (χ4n) is 3.02. The summed E-state index contributed by atoms with van der Waals surface area (Å²) in [6.07, 6.45) is -9.06. The molecule has 2 heterocycles. The summed E-state index contributed by atoms with van der Waals surface area (Å²) in [7, 11) is 0. The van der Waals surface area contributed by atoms with E-state index in [1.165, 1.54) is 12.1 Å². The standard InChI is InChI=1S/C19H20F6N4S/c1-2-28-7-9-29(10-8-28)16-11-15(19(23,24)25)26-17(27-16)30-12-13-3-5-14(6-4-13)18(20,21)22/h3-6,11H,2,7-10,12H2,1H3. The highest BCUT2D eigenvalue weighted by atomic mass is 32.2. The van der Waals surface area contributed by atoms with Crippen LogP contribution in [0.5, 0.6) is 0 Å². The Morgan fingerprint density at radius 1 is 0.900 bits per heavy atom. The summed E-state index contributed by atoms with van der Waals surface area (Å²) in [5.41, 5.74) is -1.27. The van der Waals surface area contributed by atoms with E-state index in [2.05, 4.69) is 14.9 Å². The summed E-state index contributed by atoms with van der Waals surface area (Å²) >= 11 is 0.960. The topological polar surface area (TPSA) is 32.3 Å². The van der Waals surface area contributed by atoms with E-state index >= 15 is 0 Å². The van der Waals surface area contributed by atoms with Crippen molar-refractivity contribution < 1.29 is 26.3 Å². The normalized spacial score (nSPS) is 16.2. The number of alkyl halides is 6. The lowest BCUT2D eigenvalue weighted by Crippen LogP contribution is -2.46. The maximum absolute atomic E-state index is 13.3. The number of aromatic nitrogens is 2. The van der Waals surface area contributed by atoms with E-state index < -0.39 is 23.6 Å². The molecule has 3 rings (SSSR count). The molecule has 0 amide bonds. The van der Waals surface area contributed by atoms with Gasteiger partial charge in [-0.05, 0) is 24.2 Å². The molecule has 1 aliphatic heterocycles. The summed E-state index contributed by atoms with van der Waals surface area (Å²) in [4.78, 5) is 11.9. The Labute approximate surface area is 174 Å². The van der Waals surface area contributed by atoms with E-state index in [0.717, 1.165) is 49.6 Å². The molecule has 2 aromatic rings. The van der Waals surface area contributed by atoms with Gasteiger partial charge in [-0.2, -0.15) is 26.3 Å². The summed E-state index contributed by atoms with van der Waals surface area (Å²) in [5.74, 6) is 0.366. The first-order valence-electron chi connectivity index (χ1n) is 9.29. The first-order valence-corrected chi connectivity index (χ1v) is 10.3. The monoisotopic (exact) mass is 450 g/mol. The minimum absolute atomic E-state index is 0.0577. The van der Waals surface area contributed by atoms with Gasteiger partial charge in [0.25, 0.3) is 0 Å². The van der Waals surface area contributed by atoms with Gasteiger partial charge in [0.05, 0.1) is 5.56 Å². The molecule has 4 nitrogen and oxygen atoms in total. The molecule has 0 bridgehead atoms. The van der Waals surface area contributed by atoms with Crippen molar-refractivity contribution in [2.45, 2.75) is 30.2 Å². The Hall–Kier alpha value is -2.01. The lowest BCUT2D eigenvalue weighted by atomic mass is 10.1. The molecule has 30 heavy (non-hydrogen) atoms. The molecule has 1 aromatic heterocycles.